The molecule has 2 amide bonds. The van der Waals surface area contributed by atoms with E-state index in [1.54, 1.807) is 6.92 Å². The van der Waals surface area contributed by atoms with Gasteiger partial charge in [0, 0.05) is 17.3 Å². The third kappa shape index (κ3) is 2.83. The van der Waals surface area contributed by atoms with Crippen molar-refractivity contribution in [2.75, 3.05) is 4.90 Å². The second-order valence-electron chi connectivity index (χ2n) is 6.88. The van der Waals surface area contributed by atoms with Crippen molar-refractivity contribution in [3.05, 3.63) is 81.1 Å². The second kappa shape index (κ2) is 6.83. The third-order valence-corrected chi connectivity index (χ3v) is 5.56. The highest BCUT2D eigenvalue weighted by molar-refractivity contribution is 6.42. The number of hydrogen-bond acceptors (Lipinski definition) is 4. The van der Waals surface area contributed by atoms with E-state index in [9.17, 15) is 18.4 Å². The van der Waals surface area contributed by atoms with E-state index in [1.807, 2.05) is 0 Å². The first-order valence-corrected chi connectivity index (χ1v) is 9.71. The standard InChI is InChI=1S/C21H10Cl2F2N4O2/c1-9-17-18-12(20(30)28(21(18)31)16-5-2-10(22)6-13(16)23)8-26-19(17)29(27-9)11-3-4-14(24)15(25)7-11/h2-8H,1H3. The number of pyridine rings is 1. The van der Waals surface area contributed by atoms with Crippen molar-refractivity contribution >= 4 is 51.7 Å². The van der Waals surface area contributed by atoms with Crippen molar-refractivity contribution < 1.29 is 18.4 Å². The van der Waals surface area contributed by atoms with Crippen LogP contribution in [0.3, 0.4) is 0 Å². The van der Waals surface area contributed by atoms with Crippen molar-refractivity contribution in [1.82, 2.24) is 14.8 Å². The molecule has 0 radical (unpaired) electrons. The highest BCUT2D eigenvalue weighted by Crippen LogP contribution is 2.38. The monoisotopic (exact) mass is 458 g/mol. The lowest BCUT2D eigenvalue weighted by Crippen LogP contribution is -2.29. The van der Waals surface area contributed by atoms with E-state index < -0.39 is 23.4 Å². The average Bonchev–Trinajstić information content (AvgIpc) is 3.19. The number of amides is 2. The van der Waals surface area contributed by atoms with Gasteiger partial charge < -0.3 is 0 Å². The van der Waals surface area contributed by atoms with Crippen LogP contribution >= 0.6 is 23.2 Å². The van der Waals surface area contributed by atoms with Crippen molar-refractivity contribution in [2.24, 2.45) is 0 Å². The summed E-state index contributed by atoms with van der Waals surface area (Å²) in [6.45, 7) is 1.64. The third-order valence-electron chi connectivity index (χ3n) is 5.02. The van der Waals surface area contributed by atoms with Crippen LogP contribution < -0.4 is 4.90 Å². The summed E-state index contributed by atoms with van der Waals surface area (Å²) in [4.78, 5) is 31.5. The van der Waals surface area contributed by atoms with Gasteiger partial charge in [-0.2, -0.15) is 5.10 Å². The van der Waals surface area contributed by atoms with E-state index in [4.69, 9.17) is 23.2 Å². The molecule has 4 aromatic rings. The van der Waals surface area contributed by atoms with Gasteiger partial charge in [-0.1, -0.05) is 23.2 Å². The number of aryl methyl sites for hydroxylation is 1. The molecule has 2 aromatic carbocycles. The molecule has 0 spiro atoms. The fourth-order valence-corrected chi connectivity index (χ4v) is 4.13. The van der Waals surface area contributed by atoms with E-state index in [2.05, 4.69) is 10.1 Å². The molecule has 1 aliphatic heterocycles. The molecule has 0 fully saturated rings. The second-order valence-corrected chi connectivity index (χ2v) is 7.73. The Morgan fingerprint density at radius 1 is 0.968 bits per heavy atom. The Bertz CT molecular complexity index is 1450. The lowest BCUT2D eigenvalue weighted by molar-refractivity contribution is 0.0926. The minimum absolute atomic E-state index is 0.0939. The smallest absolute Gasteiger partial charge is 0.267 e. The minimum atomic E-state index is -1.05. The maximum atomic E-state index is 13.7. The van der Waals surface area contributed by atoms with E-state index in [0.29, 0.717) is 16.1 Å². The summed E-state index contributed by atoms with van der Waals surface area (Å²) in [5, 5.41) is 5.17. The molecule has 0 saturated carbocycles. The highest BCUT2D eigenvalue weighted by atomic mass is 35.5. The van der Waals surface area contributed by atoms with Crippen molar-refractivity contribution in [3.63, 3.8) is 0 Å². The van der Waals surface area contributed by atoms with Crippen LogP contribution in [0.2, 0.25) is 10.0 Å². The largest absolute Gasteiger partial charge is 0.268 e. The summed E-state index contributed by atoms with van der Waals surface area (Å²) in [7, 11) is 0. The van der Waals surface area contributed by atoms with Crippen LogP contribution in [0.5, 0.6) is 0 Å². The van der Waals surface area contributed by atoms with Crippen LogP contribution in [-0.2, 0) is 0 Å². The number of halogens is 4. The van der Waals surface area contributed by atoms with Gasteiger partial charge in [0.25, 0.3) is 11.8 Å². The topological polar surface area (TPSA) is 68.1 Å². The Hall–Kier alpha value is -3.36. The van der Waals surface area contributed by atoms with Crippen LogP contribution in [0.4, 0.5) is 14.5 Å². The van der Waals surface area contributed by atoms with Gasteiger partial charge in [-0.3, -0.25) is 9.59 Å². The van der Waals surface area contributed by atoms with Gasteiger partial charge in [0.15, 0.2) is 17.3 Å². The molecule has 0 aliphatic carbocycles. The zero-order valence-electron chi connectivity index (χ0n) is 15.7. The molecular weight excluding hydrogens is 449 g/mol. The van der Waals surface area contributed by atoms with Crippen molar-refractivity contribution in [2.45, 2.75) is 6.92 Å². The van der Waals surface area contributed by atoms with Gasteiger partial charge in [-0.15, -0.1) is 0 Å². The molecule has 6 nitrogen and oxygen atoms in total. The fraction of sp³-hybridized carbons (Fsp3) is 0.0476. The molecule has 154 valence electrons. The number of anilines is 1. The SMILES string of the molecule is Cc1nn(-c2ccc(F)c(F)c2)c2ncc3c(c12)C(=O)N(c1ccc(Cl)cc1Cl)C3=O. The molecule has 5 rings (SSSR count). The number of nitrogens with zero attached hydrogens (tertiary/aromatic N) is 4. The van der Waals surface area contributed by atoms with Crippen LogP contribution in [0.15, 0.2) is 42.6 Å². The Kier molecular flexibility index (Phi) is 4.32. The summed E-state index contributed by atoms with van der Waals surface area (Å²) in [6.07, 6.45) is 1.26. The normalized spacial score (nSPS) is 13.4. The lowest BCUT2D eigenvalue weighted by Gasteiger charge is -2.15. The number of hydrogen-bond donors (Lipinski definition) is 0. The minimum Gasteiger partial charge on any atom is -0.268 e. The van der Waals surface area contributed by atoms with Crippen LogP contribution in [-0.4, -0.2) is 26.6 Å². The van der Waals surface area contributed by atoms with Gasteiger partial charge in [-0.25, -0.2) is 23.3 Å². The summed E-state index contributed by atoms with van der Waals surface area (Å²) < 4.78 is 28.4. The van der Waals surface area contributed by atoms with Gasteiger partial charge in [0.05, 0.1) is 38.6 Å². The molecule has 0 atom stereocenters. The van der Waals surface area contributed by atoms with E-state index in [-0.39, 0.29) is 33.2 Å². The Balaban J connectivity index is 1.71. The predicted molar refractivity (Wildman–Crippen MR) is 111 cm³/mol. The van der Waals surface area contributed by atoms with Gasteiger partial charge in [0.1, 0.15) is 0 Å². The Labute approximate surface area is 183 Å². The maximum absolute atomic E-state index is 13.7. The summed E-state index contributed by atoms with van der Waals surface area (Å²) in [5.74, 6) is -3.22. The Morgan fingerprint density at radius 3 is 2.45 bits per heavy atom. The first-order chi connectivity index (χ1) is 14.8. The molecule has 0 N–H and O–H groups in total. The number of carbonyl (C=O) groups is 2. The molecular formula is C21H10Cl2F2N4O2. The van der Waals surface area contributed by atoms with Gasteiger partial charge in [-0.05, 0) is 37.3 Å². The van der Waals surface area contributed by atoms with Gasteiger partial charge >= 0.3 is 0 Å². The number of carbonyl (C=O) groups excluding carboxylic acids is 2. The molecule has 3 heterocycles. The Morgan fingerprint density at radius 2 is 1.74 bits per heavy atom. The molecule has 0 saturated heterocycles. The number of rotatable bonds is 2. The quantitative estimate of drug-likeness (QED) is 0.391. The van der Waals surface area contributed by atoms with E-state index in [0.717, 1.165) is 17.0 Å². The number of fused-ring (bicyclic) bond motifs is 3. The molecule has 2 aromatic heterocycles. The van der Waals surface area contributed by atoms with Crippen LogP contribution in [0, 0.1) is 18.6 Å². The zero-order chi connectivity index (χ0) is 22.0. The van der Waals surface area contributed by atoms with Crippen LogP contribution in [0.1, 0.15) is 26.4 Å². The van der Waals surface area contributed by atoms with E-state index in [1.165, 1.54) is 35.1 Å². The van der Waals surface area contributed by atoms with Crippen molar-refractivity contribution in [3.8, 4) is 5.69 Å². The molecule has 0 unspecified atom stereocenters. The fourth-order valence-electron chi connectivity index (χ4n) is 3.64. The highest BCUT2D eigenvalue weighted by Gasteiger charge is 2.40. The predicted octanol–water partition coefficient (Wildman–Crippen LogP) is 5.11. The number of benzene rings is 2. The average molecular weight is 459 g/mol. The first-order valence-electron chi connectivity index (χ1n) is 8.95. The van der Waals surface area contributed by atoms with Crippen LogP contribution in [0.25, 0.3) is 16.7 Å². The number of aromatic nitrogens is 3. The summed E-state index contributed by atoms with van der Waals surface area (Å²) >= 11 is 12.1. The first kappa shape index (κ1) is 19.6. The summed E-state index contributed by atoms with van der Waals surface area (Å²) in [5.41, 5.74) is 1.25. The summed E-state index contributed by atoms with van der Waals surface area (Å²) in [6, 6.07) is 7.72. The number of imide groups is 1. The van der Waals surface area contributed by atoms with Gasteiger partial charge in [0.2, 0.25) is 0 Å². The zero-order valence-corrected chi connectivity index (χ0v) is 17.2. The maximum Gasteiger partial charge on any atom is 0.267 e. The van der Waals surface area contributed by atoms with Crippen molar-refractivity contribution in [1.29, 1.82) is 0 Å². The lowest BCUT2D eigenvalue weighted by atomic mass is 10.1. The molecule has 31 heavy (non-hydrogen) atoms. The molecule has 0 bridgehead atoms. The van der Waals surface area contributed by atoms with E-state index >= 15 is 0 Å². The molecule has 10 heteroatoms. The molecule has 1 aliphatic rings.